The molecule has 2 amide bonds. The number of rotatable bonds is 2. The van der Waals surface area contributed by atoms with Gasteiger partial charge in [-0.3, -0.25) is 4.98 Å². The summed E-state index contributed by atoms with van der Waals surface area (Å²) < 4.78 is 0. The molecule has 4 nitrogen and oxygen atoms in total. The smallest absolute Gasteiger partial charge is 0.315 e. The van der Waals surface area contributed by atoms with E-state index in [1.807, 2.05) is 19.9 Å². The number of anilines is 1. The maximum absolute atomic E-state index is 11.2. The van der Waals surface area contributed by atoms with E-state index in [0.29, 0.717) is 5.69 Å². The molecule has 1 aromatic rings. The molecule has 0 spiro atoms. The molecule has 0 aliphatic rings. The topological polar surface area (TPSA) is 54.0 Å². The van der Waals surface area contributed by atoms with Gasteiger partial charge in [-0.1, -0.05) is 6.08 Å². The lowest BCUT2D eigenvalue weighted by Crippen LogP contribution is -2.23. The van der Waals surface area contributed by atoms with Gasteiger partial charge in [0.2, 0.25) is 0 Å². The third-order valence-electron chi connectivity index (χ3n) is 1.55. The molecule has 4 heteroatoms. The number of aryl methyl sites for hydroxylation is 1. The first-order valence-electron chi connectivity index (χ1n) is 4.33. The number of aromatic nitrogens is 1. The van der Waals surface area contributed by atoms with Crippen molar-refractivity contribution >= 4 is 11.7 Å². The number of hydrogen-bond donors (Lipinski definition) is 2. The summed E-state index contributed by atoms with van der Waals surface area (Å²) in [5, 5.41) is 5.18. The maximum atomic E-state index is 11.2. The van der Waals surface area contributed by atoms with Crippen molar-refractivity contribution in [1.82, 2.24) is 10.3 Å². The van der Waals surface area contributed by atoms with Gasteiger partial charge < -0.3 is 10.6 Å². The number of allylic oxidation sites excluding steroid dienone is 1. The second kappa shape index (κ2) is 5.01. The third kappa shape index (κ3) is 3.26. The van der Waals surface area contributed by atoms with Gasteiger partial charge in [-0.15, -0.1) is 0 Å². The molecule has 1 rings (SSSR count). The van der Waals surface area contributed by atoms with Crippen LogP contribution in [0.1, 0.15) is 12.6 Å². The van der Waals surface area contributed by atoms with Crippen LogP contribution in [0.5, 0.6) is 0 Å². The van der Waals surface area contributed by atoms with Crippen molar-refractivity contribution < 1.29 is 4.79 Å². The van der Waals surface area contributed by atoms with Gasteiger partial charge in [0, 0.05) is 11.9 Å². The molecule has 0 aliphatic carbocycles. The number of urea groups is 1. The predicted octanol–water partition coefficient (Wildman–Crippen LogP) is 2.05. The lowest BCUT2D eigenvalue weighted by Gasteiger charge is -2.03. The zero-order valence-corrected chi connectivity index (χ0v) is 8.24. The Morgan fingerprint density at radius 3 is 2.86 bits per heavy atom. The van der Waals surface area contributed by atoms with E-state index in [1.54, 1.807) is 24.5 Å². The van der Waals surface area contributed by atoms with Crippen molar-refractivity contribution in [3.8, 4) is 0 Å². The number of nitrogens with one attached hydrogen (secondary N) is 2. The van der Waals surface area contributed by atoms with Gasteiger partial charge in [-0.05, 0) is 26.0 Å². The van der Waals surface area contributed by atoms with Crippen LogP contribution >= 0.6 is 0 Å². The quantitative estimate of drug-likeness (QED) is 0.751. The van der Waals surface area contributed by atoms with Crippen LogP contribution < -0.4 is 10.6 Å². The molecule has 0 aliphatic heterocycles. The zero-order chi connectivity index (χ0) is 10.4. The summed E-state index contributed by atoms with van der Waals surface area (Å²) in [5.41, 5.74) is 1.60. The van der Waals surface area contributed by atoms with Crippen molar-refractivity contribution in [3.05, 3.63) is 36.3 Å². The number of carbonyl (C=O) groups is 1. The zero-order valence-electron chi connectivity index (χ0n) is 8.24. The van der Waals surface area contributed by atoms with Gasteiger partial charge in [0.25, 0.3) is 0 Å². The highest BCUT2D eigenvalue weighted by molar-refractivity contribution is 5.89. The average molecular weight is 191 g/mol. The molecule has 0 saturated carbocycles. The highest BCUT2D eigenvalue weighted by Crippen LogP contribution is 2.04. The van der Waals surface area contributed by atoms with Gasteiger partial charge in [0.15, 0.2) is 0 Å². The molecule has 0 atom stereocenters. The van der Waals surface area contributed by atoms with Crippen molar-refractivity contribution in [2.45, 2.75) is 13.8 Å². The van der Waals surface area contributed by atoms with Crippen LogP contribution in [0.15, 0.2) is 30.6 Å². The SMILES string of the molecule is C/C=C/NC(=O)Nc1ccc(C)nc1. The lowest BCUT2D eigenvalue weighted by atomic mass is 10.3. The minimum atomic E-state index is -0.270. The van der Waals surface area contributed by atoms with Gasteiger partial charge >= 0.3 is 6.03 Å². The van der Waals surface area contributed by atoms with Crippen LogP contribution in [-0.4, -0.2) is 11.0 Å². The minimum absolute atomic E-state index is 0.270. The Bertz CT molecular complexity index is 330. The molecular weight excluding hydrogens is 178 g/mol. The van der Waals surface area contributed by atoms with Crippen LogP contribution in [0.4, 0.5) is 10.5 Å². The highest BCUT2D eigenvalue weighted by Gasteiger charge is 1.97. The highest BCUT2D eigenvalue weighted by atomic mass is 16.2. The molecule has 14 heavy (non-hydrogen) atoms. The van der Waals surface area contributed by atoms with E-state index >= 15 is 0 Å². The first-order valence-corrected chi connectivity index (χ1v) is 4.33. The van der Waals surface area contributed by atoms with Gasteiger partial charge in [-0.25, -0.2) is 4.79 Å². The summed E-state index contributed by atoms with van der Waals surface area (Å²) in [4.78, 5) is 15.2. The fraction of sp³-hybridized carbons (Fsp3) is 0.200. The van der Waals surface area contributed by atoms with Crippen molar-refractivity contribution in [3.63, 3.8) is 0 Å². The molecule has 0 saturated heterocycles. The molecule has 74 valence electrons. The van der Waals surface area contributed by atoms with E-state index in [1.165, 1.54) is 0 Å². The summed E-state index contributed by atoms with van der Waals surface area (Å²) in [6, 6.07) is 3.37. The van der Waals surface area contributed by atoms with E-state index < -0.39 is 0 Å². The van der Waals surface area contributed by atoms with Crippen molar-refractivity contribution in [2.75, 3.05) is 5.32 Å². The Labute approximate surface area is 83.0 Å². The largest absolute Gasteiger partial charge is 0.323 e. The molecule has 0 fully saturated rings. The fourth-order valence-corrected chi connectivity index (χ4v) is 0.868. The van der Waals surface area contributed by atoms with Crippen LogP contribution in [0.25, 0.3) is 0 Å². The van der Waals surface area contributed by atoms with Crippen LogP contribution in [0, 0.1) is 6.92 Å². The second-order valence-corrected chi connectivity index (χ2v) is 2.79. The number of nitrogens with zero attached hydrogens (tertiary/aromatic N) is 1. The summed E-state index contributed by atoms with van der Waals surface area (Å²) in [5.74, 6) is 0. The Hall–Kier alpha value is -1.84. The van der Waals surface area contributed by atoms with E-state index in [4.69, 9.17) is 0 Å². The summed E-state index contributed by atoms with van der Waals surface area (Å²) in [6.45, 7) is 3.72. The molecule has 0 radical (unpaired) electrons. The lowest BCUT2D eigenvalue weighted by molar-refractivity contribution is 0.255. The molecule has 0 aromatic carbocycles. The second-order valence-electron chi connectivity index (χ2n) is 2.79. The van der Waals surface area contributed by atoms with E-state index in [0.717, 1.165) is 5.69 Å². The van der Waals surface area contributed by atoms with Crippen LogP contribution in [-0.2, 0) is 0 Å². The summed E-state index contributed by atoms with van der Waals surface area (Å²) >= 11 is 0. The molecule has 0 unspecified atom stereocenters. The maximum Gasteiger partial charge on any atom is 0.323 e. The Balaban J connectivity index is 2.52. The normalized spacial score (nSPS) is 10.1. The van der Waals surface area contributed by atoms with Crippen molar-refractivity contribution in [1.29, 1.82) is 0 Å². The molecule has 1 aromatic heterocycles. The number of hydrogen-bond acceptors (Lipinski definition) is 2. The average Bonchev–Trinajstić information content (AvgIpc) is 2.18. The molecule has 1 heterocycles. The first kappa shape index (κ1) is 10.2. The Morgan fingerprint density at radius 1 is 1.50 bits per heavy atom. The van der Waals surface area contributed by atoms with Gasteiger partial charge in [-0.2, -0.15) is 0 Å². The van der Waals surface area contributed by atoms with E-state index in [2.05, 4.69) is 15.6 Å². The van der Waals surface area contributed by atoms with E-state index in [9.17, 15) is 4.79 Å². The van der Waals surface area contributed by atoms with Gasteiger partial charge in [0.1, 0.15) is 0 Å². The summed E-state index contributed by atoms with van der Waals surface area (Å²) in [6.07, 6.45) is 4.93. The number of amides is 2. The Morgan fingerprint density at radius 2 is 2.29 bits per heavy atom. The Kier molecular flexibility index (Phi) is 3.67. The molecule has 0 bridgehead atoms. The monoisotopic (exact) mass is 191 g/mol. The fourth-order valence-electron chi connectivity index (χ4n) is 0.868. The number of pyridine rings is 1. The number of carbonyl (C=O) groups excluding carboxylic acids is 1. The predicted molar refractivity (Wildman–Crippen MR) is 55.9 cm³/mol. The van der Waals surface area contributed by atoms with Gasteiger partial charge in [0.05, 0.1) is 11.9 Å². The first-order chi connectivity index (χ1) is 6.72. The van der Waals surface area contributed by atoms with E-state index in [-0.39, 0.29) is 6.03 Å². The standard InChI is InChI=1S/C10H13N3O/c1-3-6-11-10(14)13-9-5-4-8(2)12-7-9/h3-7H,1-2H3,(H2,11,13,14)/b6-3+. The third-order valence-corrected chi connectivity index (χ3v) is 1.55. The molecular formula is C10H13N3O. The minimum Gasteiger partial charge on any atom is -0.315 e. The summed E-state index contributed by atoms with van der Waals surface area (Å²) in [7, 11) is 0. The van der Waals surface area contributed by atoms with Crippen LogP contribution in [0.2, 0.25) is 0 Å². The molecule has 2 N–H and O–H groups in total. The van der Waals surface area contributed by atoms with Crippen molar-refractivity contribution in [2.24, 2.45) is 0 Å². The van der Waals surface area contributed by atoms with Crippen LogP contribution in [0.3, 0.4) is 0 Å².